The summed E-state index contributed by atoms with van der Waals surface area (Å²) in [6.45, 7) is 5.46. The van der Waals surface area contributed by atoms with Crippen molar-refractivity contribution in [1.29, 1.82) is 0 Å². The third-order valence-electron chi connectivity index (χ3n) is 5.88. The summed E-state index contributed by atoms with van der Waals surface area (Å²) in [4.78, 5) is 2.33. The van der Waals surface area contributed by atoms with Crippen LogP contribution in [0.4, 0.5) is 0 Å². The van der Waals surface area contributed by atoms with Crippen molar-refractivity contribution >= 4 is 0 Å². The van der Waals surface area contributed by atoms with E-state index in [1.54, 1.807) is 11.8 Å². The van der Waals surface area contributed by atoms with E-state index < -0.39 is 6.10 Å². The second-order valence-corrected chi connectivity index (χ2v) is 9.10. The molecule has 3 aromatic rings. The number of rotatable bonds is 12. The van der Waals surface area contributed by atoms with E-state index in [2.05, 4.69) is 17.0 Å². The van der Waals surface area contributed by atoms with Gasteiger partial charge < -0.3 is 19.3 Å². The smallest absolute Gasteiger partial charge is 0.222 e. The molecule has 182 valence electrons. The van der Waals surface area contributed by atoms with E-state index >= 15 is 0 Å². The van der Waals surface area contributed by atoms with E-state index in [4.69, 9.17) is 19.3 Å². The van der Waals surface area contributed by atoms with Gasteiger partial charge in [0.15, 0.2) is 0 Å². The highest BCUT2D eigenvalue weighted by molar-refractivity contribution is 5.65. The molecule has 1 N–H and O–H groups in total. The van der Waals surface area contributed by atoms with Gasteiger partial charge in [-0.15, -0.1) is 0 Å². The highest BCUT2D eigenvalue weighted by atomic mass is 16.5. The second-order valence-electron chi connectivity index (χ2n) is 9.10. The lowest BCUT2D eigenvalue weighted by atomic mass is 10.1. The van der Waals surface area contributed by atoms with Crippen LogP contribution < -0.4 is 9.47 Å². The van der Waals surface area contributed by atoms with Crippen molar-refractivity contribution in [3.63, 3.8) is 0 Å². The highest BCUT2D eigenvalue weighted by Gasteiger charge is 2.33. The summed E-state index contributed by atoms with van der Waals surface area (Å²) in [5, 5.41) is 15.5. The lowest BCUT2D eigenvalue weighted by Gasteiger charge is -2.26. The zero-order chi connectivity index (χ0) is 24.1. The van der Waals surface area contributed by atoms with Crippen molar-refractivity contribution < 1.29 is 19.3 Å². The Kier molecular flexibility index (Phi) is 7.88. The van der Waals surface area contributed by atoms with E-state index in [9.17, 15) is 5.11 Å². The van der Waals surface area contributed by atoms with E-state index in [-0.39, 0.29) is 6.10 Å². The fourth-order valence-electron chi connectivity index (χ4n) is 4.04. The lowest BCUT2D eigenvalue weighted by Crippen LogP contribution is -2.36. The van der Waals surface area contributed by atoms with Crippen LogP contribution in [-0.2, 0) is 18.3 Å². The fraction of sp³-hybridized carbons (Fsp3) is 0.444. The largest absolute Gasteiger partial charge is 0.497 e. The Morgan fingerprint density at radius 2 is 1.82 bits per heavy atom. The summed E-state index contributed by atoms with van der Waals surface area (Å²) in [6, 6.07) is 18.2. The Hall–Kier alpha value is -2.87. The summed E-state index contributed by atoms with van der Waals surface area (Å²) in [7, 11) is 3.54. The monoisotopic (exact) mass is 465 g/mol. The molecule has 0 bridgehead atoms. The summed E-state index contributed by atoms with van der Waals surface area (Å²) >= 11 is 0. The number of hydrogen-bond acceptors (Lipinski definition) is 6. The number of aryl methyl sites for hydroxylation is 1. The second kappa shape index (κ2) is 11.0. The van der Waals surface area contributed by atoms with Crippen LogP contribution in [0.25, 0.3) is 11.3 Å². The molecule has 1 aromatic heterocycles. The zero-order valence-electron chi connectivity index (χ0n) is 20.5. The van der Waals surface area contributed by atoms with Gasteiger partial charge in [-0.1, -0.05) is 36.4 Å². The van der Waals surface area contributed by atoms with Gasteiger partial charge in [-0.3, -0.25) is 4.90 Å². The SMILES string of the molecule is COc1cccc(Oc2c(CN(CC(O)COC(C)C)C3CC3)c(-c3ccccc3)nn2C)c1. The van der Waals surface area contributed by atoms with Crippen LogP contribution in [0.1, 0.15) is 32.3 Å². The lowest BCUT2D eigenvalue weighted by molar-refractivity contribution is -0.0107. The molecule has 7 nitrogen and oxygen atoms in total. The maximum Gasteiger partial charge on any atom is 0.222 e. The molecule has 1 saturated carbocycles. The van der Waals surface area contributed by atoms with Crippen LogP contribution >= 0.6 is 0 Å². The van der Waals surface area contributed by atoms with Crippen molar-refractivity contribution in [3.8, 4) is 28.6 Å². The van der Waals surface area contributed by atoms with E-state index in [0.717, 1.165) is 35.4 Å². The molecule has 0 spiro atoms. The van der Waals surface area contributed by atoms with Gasteiger partial charge in [0.1, 0.15) is 17.2 Å². The maximum atomic E-state index is 10.6. The van der Waals surface area contributed by atoms with E-state index in [0.29, 0.717) is 37.4 Å². The quantitative estimate of drug-likeness (QED) is 0.420. The van der Waals surface area contributed by atoms with Crippen molar-refractivity contribution in [1.82, 2.24) is 14.7 Å². The van der Waals surface area contributed by atoms with Crippen molar-refractivity contribution in [3.05, 3.63) is 60.2 Å². The van der Waals surface area contributed by atoms with E-state index in [1.165, 1.54) is 0 Å². The van der Waals surface area contributed by atoms with Gasteiger partial charge in [0.2, 0.25) is 5.88 Å². The molecule has 0 aliphatic heterocycles. The predicted octanol–water partition coefficient (Wildman–Crippen LogP) is 4.64. The van der Waals surface area contributed by atoms with Gasteiger partial charge in [-0.05, 0) is 38.8 Å². The molecular weight excluding hydrogens is 430 g/mol. The first-order valence-corrected chi connectivity index (χ1v) is 11.9. The number of methoxy groups -OCH3 is 1. The van der Waals surface area contributed by atoms with Crippen molar-refractivity contribution in [2.45, 2.75) is 51.5 Å². The molecule has 2 aromatic carbocycles. The minimum absolute atomic E-state index is 0.0925. The van der Waals surface area contributed by atoms with Crippen LogP contribution in [0.3, 0.4) is 0 Å². The molecular formula is C27H35N3O4. The summed E-state index contributed by atoms with van der Waals surface area (Å²) in [5.74, 6) is 2.11. The molecule has 1 unspecified atom stereocenters. The first-order chi connectivity index (χ1) is 16.4. The average molecular weight is 466 g/mol. The van der Waals surface area contributed by atoms with Gasteiger partial charge in [0, 0.05) is 37.8 Å². The van der Waals surface area contributed by atoms with Crippen LogP contribution in [0.2, 0.25) is 0 Å². The predicted molar refractivity (Wildman–Crippen MR) is 132 cm³/mol. The normalized spacial score (nSPS) is 14.6. The van der Waals surface area contributed by atoms with Gasteiger partial charge in [0.05, 0.1) is 31.5 Å². The molecule has 0 radical (unpaired) electrons. The zero-order valence-corrected chi connectivity index (χ0v) is 20.5. The number of ether oxygens (including phenoxy) is 3. The molecule has 34 heavy (non-hydrogen) atoms. The highest BCUT2D eigenvalue weighted by Crippen LogP contribution is 2.37. The summed E-state index contributed by atoms with van der Waals surface area (Å²) in [5.41, 5.74) is 2.92. The molecule has 1 heterocycles. The molecule has 1 aliphatic rings. The number of hydrogen-bond donors (Lipinski definition) is 1. The van der Waals surface area contributed by atoms with Gasteiger partial charge in [0.25, 0.3) is 0 Å². The van der Waals surface area contributed by atoms with E-state index in [1.807, 2.05) is 63.4 Å². The Labute approximate surface area is 201 Å². The van der Waals surface area contributed by atoms with Crippen LogP contribution in [-0.4, -0.2) is 58.3 Å². The molecule has 0 amide bonds. The number of aliphatic hydroxyl groups excluding tert-OH is 1. The molecule has 1 aliphatic carbocycles. The third-order valence-corrected chi connectivity index (χ3v) is 5.88. The molecule has 4 rings (SSSR count). The van der Waals surface area contributed by atoms with Gasteiger partial charge in [-0.25, -0.2) is 4.68 Å². The van der Waals surface area contributed by atoms with Gasteiger partial charge >= 0.3 is 0 Å². The van der Waals surface area contributed by atoms with Crippen LogP contribution in [0, 0.1) is 0 Å². The molecule has 1 fully saturated rings. The Bertz CT molecular complexity index is 1060. The summed E-state index contributed by atoms with van der Waals surface area (Å²) < 4.78 is 19.2. The Balaban J connectivity index is 1.65. The molecule has 7 heteroatoms. The Morgan fingerprint density at radius 3 is 2.50 bits per heavy atom. The maximum absolute atomic E-state index is 10.6. The van der Waals surface area contributed by atoms with Crippen molar-refractivity contribution in [2.75, 3.05) is 20.3 Å². The third kappa shape index (κ3) is 6.17. The van der Waals surface area contributed by atoms with Gasteiger partial charge in [-0.2, -0.15) is 5.10 Å². The average Bonchev–Trinajstić information content (AvgIpc) is 3.64. The molecule has 1 atom stereocenters. The number of benzene rings is 2. The number of aromatic nitrogens is 2. The minimum atomic E-state index is -0.553. The summed E-state index contributed by atoms with van der Waals surface area (Å²) in [6.07, 6.45) is 1.80. The number of nitrogens with zero attached hydrogens (tertiary/aromatic N) is 3. The van der Waals surface area contributed by atoms with Crippen LogP contribution in [0.15, 0.2) is 54.6 Å². The fourth-order valence-corrected chi connectivity index (χ4v) is 4.04. The topological polar surface area (TPSA) is 69.0 Å². The standard InChI is InChI=1S/C27H35N3O4/c1-19(2)33-18-22(31)16-30(21-13-14-21)17-25-26(20-9-6-5-7-10-20)28-29(3)27(25)34-24-12-8-11-23(15-24)32-4/h5-12,15,19,21-22,31H,13-14,16-18H2,1-4H3. The van der Waals surface area contributed by atoms with Crippen LogP contribution in [0.5, 0.6) is 17.4 Å². The first kappa shape index (κ1) is 24.3. The molecule has 0 saturated heterocycles. The Morgan fingerprint density at radius 1 is 1.09 bits per heavy atom. The van der Waals surface area contributed by atoms with Crippen molar-refractivity contribution in [2.24, 2.45) is 7.05 Å². The minimum Gasteiger partial charge on any atom is -0.497 e. The number of aliphatic hydroxyl groups is 1. The first-order valence-electron chi connectivity index (χ1n) is 11.9.